The van der Waals surface area contributed by atoms with Crippen molar-refractivity contribution >= 4 is 5.95 Å². The van der Waals surface area contributed by atoms with Gasteiger partial charge < -0.3 is 10.6 Å². The van der Waals surface area contributed by atoms with E-state index in [0.717, 1.165) is 12.4 Å². The van der Waals surface area contributed by atoms with Crippen LogP contribution >= 0.6 is 0 Å². The normalized spacial score (nSPS) is 14.0. The fraction of sp³-hybridized carbons (Fsp3) is 0.571. The molecule has 0 aromatic carbocycles. The second-order valence-electron chi connectivity index (χ2n) is 4.26. The average molecular weight is 304 g/mol. The molecule has 1 fully saturated rings. The molecule has 7 heteroatoms. The second kappa shape index (κ2) is 11.1. The van der Waals surface area contributed by atoms with Gasteiger partial charge in [-0.1, -0.05) is 12.5 Å². The molecule has 120 valence electrons. The Kier molecular flexibility index (Phi) is 10.2. The minimum Gasteiger partial charge on any atom is -0.357 e. The number of piperidine rings is 1. The summed E-state index contributed by atoms with van der Waals surface area (Å²) in [6, 6.07) is 0. The molecule has 4 nitrogen and oxygen atoms in total. The van der Waals surface area contributed by atoms with Crippen LogP contribution in [0.2, 0.25) is 0 Å². The van der Waals surface area contributed by atoms with E-state index in [-0.39, 0.29) is 5.95 Å². The molecule has 2 N–H and O–H groups in total. The minimum absolute atomic E-state index is 0.169. The molecule has 1 saturated heterocycles. The first kappa shape index (κ1) is 19.4. The van der Waals surface area contributed by atoms with Crippen molar-refractivity contribution in [3.8, 4) is 0 Å². The Morgan fingerprint density at radius 2 is 1.67 bits per heavy atom. The first-order valence-electron chi connectivity index (χ1n) is 6.80. The average Bonchev–Trinajstić information content (AvgIpc) is 2.50. The maximum absolute atomic E-state index is 11.9. The molecule has 2 heterocycles. The van der Waals surface area contributed by atoms with Crippen LogP contribution in [-0.4, -0.2) is 30.1 Å². The van der Waals surface area contributed by atoms with Crippen LogP contribution in [0.15, 0.2) is 25.0 Å². The summed E-state index contributed by atoms with van der Waals surface area (Å²) < 4.78 is 35.8. The number of nitrogens with zero attached hydrogens (tertiary/aromatic N) is 2. The number of hydrogen-bond donors (Lipinski definition) is 2. The van der Waals surface area contributed by atoms with Crippen molar-refractivity contribution in [3.63, 3.8) is 0 Å². The van der Waals surface area contributed by atoms with Crippen LogP contribution in [0.1, 0.15) is 31.7 Å². The highest BCUT2D eigenvalue weighted by Gasteiger charge is 2.31. The van der Waals surface area contributed by atoms with Gasteiger partial charge in [-0.3, -0.25) is 0 Å². The van der Waals surface area contributed by atoms with E-state index in [1.54, 1.807) is 6.08 Å². The Labute approximate surface area is 123 Å². The quantitative estimate of drug-likeness (QED) is 0.780. The monoisotopic (exact) mass is 304 g/mol. The number of aromatic nitrogens is 2. The summed E-state index contributed by atoms with van der Waals surface area (Å²) in [5, 5.41) is 5.80. The fourth-order valence-electron chi connectivity index (χ4n) is 1.41. The SMILES string of the molecule is C1CCNCC1.C=CC.CNc1ncc(C(F)(F)F)cn1. The van der Waals surface area contributed by atoms with Gasteiger partial charge >= 0.3 is 6.18 Å². The van der Waals surface area contributed by atoms with Crippen LogP contribution in [0.5, 0.6) is 0 Å². The van der Waals surface area contributed by atoms with Crippen LogP contribution in [0.25, 0.3) is 0 Å². The maximum atomic E-state index is 11.9. The standard InChI is InChI=1S/C6H6F3N3.C5H11N.C3H6/c1-10-5-11-2-4(3-12-5)6(7,8)9;1-2-4-6-5-3-1;1-3-2/h2-3H,1H3,(H,10,11,12);6H,1-5H2;3H,1H2,2H3. The first-order valence-corrected chi connectivity index (χ1v) is 6.80. The zero-order valence-electron chi connectivity index (χ0n) is 12.5. The second-order valence-corrected chi connectivity index (χ2v) is 4.26. The van der Waals surface area contributed by atoms with E-state index in [1.807, 2.05) is 6.92 Å². The summed E-state index contributed by atoms with van der Waals surface area (Å²) in [6.45, 7) is 7.75. The number of nitrogens with one attached hydrogen (secondary N) is 2. The predicted molar refractivity (Wildman–Crippen MR) is 79.2 cm³/mol. The highest BCUT2D eigenvalue weighted by Crippen LogP contribution is 2.27. The molecule has 0 saturated carbocycles. The largest absolute Gasteiger partial charge is 0.419 e. The Bertz CT molecular complexity index is 361. The van der Waals surface area contributed by atoms with Gasteiger partial charge in [0.25, 0.3) is 0 Å². The number of alkyl halides is 3. The van der Waals surface area contributed by atoms with Gasteiger partial charge in [0, 0.05) is 19.4 Å². The van der Waals surface area contributed by atoms with E-state index < -0.39 is 11.7 Å². The molecule has 0 bridgehead atoms. The number of anilines is 1. The summed E-state index contributed by atoms with van der Waals surface area (Å²) in [7, 11) is 1.53. The molecule has 1 aliphatic heterocycles. The molecule has 1 aliphatic rings. The fourth-order valence-corrected chi connectivity index (χ4v) is 1.41. The zero-order chi connectivity index (χ0) is 16.1. The van der Waals surface area contributed by atoms with Gasteiger partial charge in [0.15, 0.2) is 0 Å². The molecule has 2 rings (SSSR count). The van der Waals surface area contributed by atoms with Gasteiger partial charge in [-0.05, 0) is 32.9 Å². The lowest BCUT2D eigenvalue weighted by Gasteiger charge is -2.08. The van der Waals surface area contributed by atoms with Crippen LogP contribution in [0.3, 0.4) is 0 Å². The third-order valence-corrected chi connectivity index (χ3v) is 2.41. The van der Waals surface area contributed by atoms with Crippen molar-refractivity contribution < 1.29 is 13.2 Å². The topological polar surface area (TPSA) is 49.8 Å². The number of rotatable bonds is 1. The highest BCUT2D eigenvalue weighted by atomic mass is 19.4. The van der Waals surface area contributed by atoms with Crippen LogP contribution in [0, 0.1) is 0 Å². The number of halogens is 3. The Balaban J connectivity index is 0.000000369. The summed E-state index contributed by atoms with van der Waals surface area (Å²) in [5.41, 5.74) is -0.846. The molecule has 0 radical (unpaired) electrons. The summed E-state index contributed by atoms with van der Waals surface area (Å²) >= 11 is 0. The van der Waals surface area contributed by atoms with Crippen molar-refractivity contribution in [3.05, 3.63) is 30.6 Å². The van der Waals surface area contributed by atoms with Gasteiger partial charge in [-0.15, -0.1) is 6.58 Å². The highest BCUT2D eigenvalue weighted by molar-refractivity contribution is 5.24. The van der Waals surface area contributed by atoms with Gasteiger partial charge in [-0.25, -0.2) is 9.97 Å². The Hall–Kier alpha value is -1.63. The summed E-state index contributed by atoms with van der Waals surface area (Å²) in [4.78, 5) is 6.84. The number of allylic oxidation sites excluding steroid dienone is 1. The van der Waals surface area contributed by atoms with E-state index >= 15 is 0 Å². The van der Waals surface area contributed by atoms with Gasteiger partial charge in [-0.2, -0.15) is 13.2 Å². The molecule has 0 spiro atoms. The van der Waals surface area contributed by atoms with E-state index in [1.165, 1.54) is 39.4 Å². The van der Waals surface area contributed by atoms with Crippen molar-refractivity contribution in [2.24, 2.45) is 0 Å². The lowest BCUT2D eigenvalue weighted by atomic mass is 10.2. The maximum Gasteiger partial charge on any atom is 0.419 e. The van der Waals surface area contributed by atoms with Crippen LogP contribution in [-0.2, 0) is 6.18 Å². The molecule has 0 amide bonds. The molecular formula is C14H23F3N4. The van der Waals surface area contributed by atoms with E-state index in [9.17, 15) is 13.2 Å². The van der Waals surface area contributed by atoms with Gasteiger partial charge in [0.05, 0.1) is 5.56 Å². The van der Waals surface area contributed by atoms with Crippen LogP contribution < -0.4 is 10.6 Å². The molecule has 1 aromatic rings. The van der Waals surface area contributed by atoms with E-state index in [4.69, 9.17) is 0 Å². The molecule has 0 aliphatic carbocycles. The van der Waals surface area contributed by atoms with Crippen molar-refractivity contribution in [1.29, 1.82) is 0 Å². The van der Waals surface area contributed by atoms with Crippen molar-refractivity contribution in [1.82, 2.24) is 15.3 Å². The zero-order valence-corrected chi connectivity index (χ0v) is 12.5. The molecule has 0 atom stereocenters. The van der Waals surface area contributed by atoms with Gasteiger partial charge in [0.2, 0.25) is 5.95 Å². The summed E-state index contributed by atoms with van der Waals surface area (Å²) in [6.07, 6.45) is 3.07. The Morgan fingerprint density at radius 1 is 1.19 bits per heavy atom. The summed E-state index contributed by atoms with van der Waals surface area (Å²) in [5.74, 6) is 0.169. The van der Waals surface area contributed by atoms with Crippen molar-refractivity contribution in [2.75, 3.05) is 25.5 Å². The van der Waals surface area contributed by atoms with E-state index in [0.29, 0.717) is 0 Å². The first-order chi connectivity index (χ1) is 9.95. The third-order valence-electron chi connectivity index (χ3n) is 2.41. The Morgan fingerprint density at radius 3 is 1.90 bits per heavy atom. The molecule has 21 heavy (non-hydrogen) atoms. The van der Waals surface area contributed by atoms with E-state index in [2.05, 4.69) is 27.2 Å². The lowest BCUT2D eigenvalue weighted by Crippen LogP contribution is -2.21. The third kappa shape index (κ3) is 9.84. The lowest BCUT2D eigenvalue weighted by molar-refractivity contribution is -0.138. The molecule has 1 aromatic heterocycles. The number of hydrogen-bond acceptors (Lipinski definition) is 4. The predicted octanol–water partition coefficient (Wildman–Crippen LogP) is 3.49. The molecular weight excluding hydrogens is 281 g/mol. The van der Waals surface area contributed by atoms with Crippen LogP contribution in [0.4, 0.5) is 19.1 Å². The smallest absolute Gasteiger partial charge is 0.357 e. The molecule has 0 unspecified atom stereocenters. The van der Waals surface area contributed by atoms with Crippen molar-refractivity contribution in [2.45, 2.75) is 32.4 Å². The minimum atomic E-state index is -4.37. The van der Waals surface area contributed by atoms with Gasteiger partial charge in [0.1, 0.15) is 0 Å².